The smallest absolute Gasteiger partial charge is 0.227 e. The van der Waals surface area contributed by atoms with E-state index in [1.807, 2.05) is 13.0 Å². The summed E-state index contributed by atoms with van der Waals surface area (Å²) in [5.74, 6) is 1.63. The Hall–Kier alpha value is -1.70. The largest absolute Gasteiger partial charge is 0.326 e. The lowest BCUT2D eigenvalue weighted by molar-refractivity contribution is -0.121. The number of tetrazole rings is 1. The Morgan fingerprint density at radius 1 is 1.40 bits per heavy atom. The second-order valence-electron chi connectivity index (χ2n) is 6.59. The lowest BCUT2D eigenvalue weighted by Gasteiger charge is -2.31. The van der Waals surface area contributed by atoms with E-state index in [9.17, 15) is 4.79 Å². The molecule has 0 spiro atoms. The zero-order valence-electron chi connectivity index (χ0n) is 13.8. The second-order valence-corrected chi connectivity index (χ2v) is 6.99. The highest BCUT2D eigenvalue weighted by atomic mass is 35.5. The SMILES string of the molecule is CC(C(=O)Nc1ccc(Cl)c(-n2nnnc2C2CC2)c1)C1CNC1.Cl. The fourth-order valence-electron chi connectivity index (χ4n) is 2.85. The van der Waals surface area contributed by atoms with Crippen molar-refractivity contribution in [3.8, 4) is 5.69 Å². The van der Waals surface area contributed by atoms with Crippen molar-refractivity contribution >= 4 is 35.6 Å². The molecule has 1 saturated heterocycles. The number of benzene rings is 1. The van der Waals surface area contributed by atoms with E-state index < -0.39 is 0 Å². The normalized spacial score (nSPS) is 18.2. The fraction of sp³-hybridized carbons (Fsp3) is 0.500. The van der Waals surface area contributed by atoms with Gasteiger partial charge in [0.25, 0.3) is 0 Å². The average molecular weight is 383 g/mol. The summed E-state index contributed by atoms with van der Waals surface area (Å²) in [6, 6.07) is 5.39. The summed E-state index contributed by atoms with van der Waals surface area (Å²) in [5, 5.41) is 18.7. The molecule has 1 aromatic heterocycles. The van der Waals surface area contributed by atoms with E-state index in [-0.39, 0.29) is 24.2 Å². The minimum absolute atomic E-state index is 0. The first-order valence-corrected chi connectivity index (χ1v) is 8.61. The Labute approximate surface area is 156 Å². The molecule has 1 aliphatic heterocycles. The van der Waals surface area contributed by atoms with Crippen LogP contribution in [-0.4, -0.2) is 39.2 Å². The van der Waals surface area contributed by atoms with Crippen LogP contribution >= 0.6 is 24.0 Å². The maximum atomic E-state index is 12.4. The van der Waals surface area contributed by atoms with Crippen molar-refractivity contribution in [3.05, 3.63) is 29.0 Å². The summed E-state index contributed by atoms with van der Waals surface area (Å²) in [5.41, 5.74) is 1.40. The van der Waals surface area contributed by atoms with Gasteiger partial charge in [-0.3, -0.25) is 4.79 Å². The Morgan fingerprint density at radius 3 is 2.80 bits per heavy atom. The highest BCUT2D eigenvalue weighted by Crippen LogP contribution is 2.40. The van der Waals surface area contributed by atoms with E-state index in [1.54, 1.807) is 16.8 Å². The molecule has 1 aliphatic carbocycles. The van der Waals surface area contributed by atoms with Crippen LogP contribution in [0.15, 0.2) is 18.2 Å². The Morgan fingerprint density at radius 2 is 2.16 bits per heavy atom. The van der Waals surface area contributed by atoms with Gasteiger partial charge in [0.1, 0.15) is 0 Å². The van der Waals surface area contributed by atoms with Gasteiger partial charge < -0.3 is 10.6 Å². The van der Waals surface area contributed by atoms with Crippen LogP contribution in [-0.2, 0) is 4.79 Å². The van der Waals surface area contributed by atoms with Gasteiger partial charge in [0, 0.05) is 17.5 Å². The van der Waals surface area contributed by atoms with Gasteiger partial charge in [-0.2, -0.15) is 4.68 Å². The van der Waals surface area contributed by atoms with Crippen LogP contribution in [0.1, 0.15) is 31.5 Å². The number of hydrogen-bond donors (Lipinski definition) is 2. The molecule has 9 heteroatoms. The van der Waals surface area contributed by atoms with Crippen molar-refractivity contribution in [1.82, 2.24) is 25.5 Å². The van der Waals surface area contributed by atoms with E-state index in [4.69, 9.17) is 11.6 Å². The highest BCUT2D eigenvalue weighted by molar-refractivity contribution is 6.32. The summed E-state index contributed by atoms with van der Waals surface area (Å²) in [6.07, 6.45) is 2.20. The van der Waals surface area contributed by atoms with Crippen LogP contribution in [0.25, 0.3) is 5.69 Å². The number of nitrogens with one attached hydrogen (secondary N) is 2. The zero-order chi connectivity index (χ0) is 16.7. The van der Waals surface area contributed by atoms with Crippen molar-refractivity contribution in [2.45, 2.75) is 25.7 Å². The van der Waals surface area contributed by atoms with Crippen LogP contribution in [0.5, 0.6) is 0 Å². The molecular formula is C16H20Cl2N6O. The summed E-state index contributed by atoms with van der Waals surface area (Å²) >= 11 is 6.33. The summed E-state index contributed by atoms with van der Waals surface area (Å²) < 4.78 is 1.68. The first-order valence-electron chi connectivity index (χ1n) is 8.23. The number of halogens is 2. The van der Waals surface area contributed by atoms with E-state index in [0.717, 1.165) is 31.8 Å². The number of carbonyl (C=O) groups is 1. The molecule has 1 saturated carbocycles. The standard InChI is InChI=1S/C16H19ClN6O.ClH/c1-9(11-7-18-8-11)16(24)19-12-4-5-13(17)14(6-12)23-15(10-2-3-10)20-21-22-23;/h4-6,9-11,18H,2-3,7-8H2,1H3,(H,19,24);1H. The third kappa shape index (κ3) is 3.63. The van der Waals surface area contributed by atoms with Gasteiger partial charge in [-0.05, 0) is 60.5 Å². The predicted octanol–water partition coefficient (Wildman–Crippen LogP) is 2.41. The summed E-state index contributed by atoms with van der Waals surface area (Å²) in [6.45, 7) is 3.76. The highest BCUT2D eigenvalue weighted by Gasteiger charge is 2.31. The van der Waals surface area contributed by atoms with Gasteiger partial charge in [-0.1, -0.05) is 18.5 Å². The number of carbonyl (C=O) groups excluding carboxylic acids is 1. The number of hydrogen-bond acceptors (Lipinski definition) is 5. The molecule has 1 amide bonds. The van der Waals surface area contributed by atoms with E-state index in [0.29, 0.717) is 28.2 Å². The zero-order valence-corrected chi connectivity index (χ0v) is 15.3. The topological polar surface area (TPSA) is 84.7 Å². The molecule has 0 radical (unpaired) electrons. The molecule has 134 valence electrons. The fourth-order valence-corrected chi connectivity index (χ4v) is 3.05. The van der Waals surface area contributed by atoms with Crippen LogP contribution in [0.2, 0.25) is 5.02 Å². The monoisotopic (exact) mass is 382 g/mol. The van der Waals surface area contributed by atoms with E-state index in [2.05, 4.69) is 26.2 Å². The lowest BCUT2D eigenvalue weighted by Crippen LogP contribution is -2.48. The van der Waals surface area contributed by atoms with Crippen LogP contribution in [0.4, 0.5) is 5.69 Å². The van der Waals surface area contributed by atoms with Crippen molar-refractivity contribution in [3.63, 3.8) is 0 Å². The van der Waals surface area contributed by atoms with Gasteiger partial charge in [-0.15, -0.1) is 17.5 Å². The first-order chi connectivity index (χ1) is 11.6. The van der Waals surface area contributed by atoms with Gasteiger partial charge in [0.15, 0.2) is 5.82 Å². The molecule has 1 unspecified atom stereocenters. The average Bonchev–Trinajstić information content (AvgIpc) is 3.25. The lowest BCUT2D eigenvalue weighted by atomic mass is 9.88. The second kappa shape index (κ2) is 7.27. The number of rotatable bonds is 5. The molecule has 0 bridgehead atoms. The molecule has 2 aromatic rings. The third-order valence-electron chi connectivity index (χ3n) is 4.81. The maximum Gasteiger partial charge on any atom is 0.227 e. The number of aromatic nitrogens is 4. The molecule has 2 aliphatic rings. The van der Waals surface area contributed by atoms with Crippen molar-refractivity contribution in [2.24, 2.45) is 11.8 Å². The van der Waals surface area contributed by atoms with Gasteiger partial charge in [0.2, 0.25) is 5.91 Å². The van der Waals surface area contributed by atoms with Gasteiger partial charge in [-0.25, -0.2) is 0 Å². The number of amides is 1. The molecule has 4 rings (SSSR count). The molecule has 7 nitrogen and oxygen atoms in total. The molecule has 2 N–H and O–H groups in total. The van der Waals surface area contributed by atoms with E-state index in [1.165, 1.54) is 0 Å². The van der Waals surface area contributed by atoms with Crippen LogP contribution in [0.3, 0.4) is 0 Å². The predicted molar refractivity (Wildman–Crippen MR) is 97.5 cm³/mol. The Bertz CT molecular complexity index is 772. The number of nitrogens with zero attached hydrogens (tertiary/aromatic N) is 4. The Kier molecular flexibility index (Phi) is 5.27. The molecular weight excluding hydrogens is 363 g/mol. The van der Waals surface area contributed by atoms with Crippen LogP contribution < -0.4 is 10.6 Å². The quantitative estimate of drug-likeness (QED) is 0.829. The van der Waals surface area contributed by atoms with Crippen molar-refractivity contribution < 1.29 is 4.79 Å². The molecule has 2 fully saturated rings. The Balaban J connectivity index is 0.00000182. The minimum atomic E-state index is -0.0274. The molecule has 1 aromatic carbocycles. The minimum Gasteiger partial charge on any atom is -0.326 e. The van der Waals surface area contributed by atoms with E-state index >= 15 is 0 Å². The third-order valence-corrected chi connectivity index (χ3v) is 5.13. The van der Waals surface area contributed by atoms with Crippen molar-refractivity contribution in [1.29, 1.82) is 0 Å². The van der Waals surface area contributed by atoms with Gasteiger partial charge in [0.05, 0.1) is 10.7 Å². The molecule has 2 heterocycles. The summed E-state index contributed by atoms with van der Waals surface area (Å²) in [4.78, 5) is 12.4. The number of anilines is 1. The molecule has 25 heavy (non-hydrogen) atoms. The first kappa shape index (κ1) is 18.1. The molecule has 1 atom stereocenters. The van der Waals surface area contributed by atoms with Crippen molar-refractivity contribution in [2.75, 3.05) is 18.4 Å². The maximum absolute atomic E-state index is 12.4. The summed E-state index contributed by atoms with van der Waals surface area (Å²) in [7, 11) is 0. The van der Waals surface area contributed by atoms with Crippen LogP contribution in [0, 0.1) is 11.8 Å². The van der Waals surface area contributed by atoms with Gasteiger partial charge >= 0.3 is 0 Å².